The number of amides is 1. The van der Waals surface area contributed by atoms with Crippen LogP contribution >= 0.6 is 11.6 Å². The lowest BCUT2D eigenvalue weighted by Crippen LogP contribution is -2.31. The Balaban J connectivity index is 1.64. The van der Waals surface area contributed by atoms with Gasteiger partial charge in [0.15, 0.2) is 0 Å². The fraction of sp³-hybridized carbons (Fsp3) is 0.150. The summed E-state index contributed by atoms with van der Waals surface area (Å²) in [7, 11) is 0. The molecule has 0 saturated heterocycles. The van der Waals surface area contributed by atoms with Gasteiger partial charge in [-0.3, -0.25) is 14.2 Å². The summed E-state index contributed by atoms with van der Waals surface area (Å²) in [5, 5.41) is 3.42. The molecule has 0 bridgehead atoms. The second-order valence-electron chi connectivity index (χ2n) is 6.01. The number of hydrogen-bond donors (Lipinski definition) is 1. The molecular weight excluding hydrogens is 350 g/mol. The van der Waals surface area contributed by atoms with Gasteiger partial charge >= 0.3 is 0 Å². The minimum absolute atomic E-state index is 0.0758. The van der Waals surface area contributed by atoms with Crippen LogP contribution in [0.1, 0.15) is 11.1 Å². The van der Waals surface area contributed by atoms with Gasteiger partial charge in [-0.25, -0.2) is 4.98 Å². The Kier molecular flexibility index (Phi) is 5.49. The van der Waals surface area contributed by atoms with Gasteiger partial charge in [0, 0.05) is 23.2 Å². The van der Waals surface area contributed by atoms with Crippen molar-refractivity contribution in [1.82, 2.24) is 14.9 Å². The highest BCUT2D eigenvalue weighted by atomic mass is 35.5. The Bertz CT molecular complexity index is 964. The maximum Gasteiger partial charge on any atom is 0.254 e. The number of aryl methyl sites for hydroxylation is 1. The van der Waals surface area contributed by atoms with Crippen molar-refractivity contribution in [3.63, 3.8) is 0 Å². The molecule has 0 aliphatic heterocycles. The minimum atomic E-state index is -0.266. The molecule has 1 N–H and O–H groups in total. The number of carbonyl (C=O) groups is 1. The summed E-state index contributed by atoms with van der Waals surface area (Å²) < 4.78 is 1.29. The van der Waals surface area contributed by atoms with Gasteiger partial charge in [-0.05, 0) is 24.6 Å². The molecule has 3 aromatic rings. The normalized spacial score (nSPS) is 10.5. The summed E-state index contributed by atoms with van der Waals surface area (Å²) in [4.78, 5) is 28.6. The molecule has 0 aliphatic rings. The quantitative estimate of drug-likeness (QED) is 0.753. The minimum Gasteiger partial charge on any atom is -0.350 e. The van der Waals surface area contributed by atoms with Gasteiger partial charge in [0.25, 0.3) is 5.56 Å². The largest absolute Gasteiger partial charge is 0.350 e. The number of nitrogens with zero attached hydrogens (tertiary/aromatic N) is 2. The van der Waals surface area contributed by atoms with Crippen molar-refractivity contribution in [2.75, 3.05) is 0 Å². The number of benzene rings is 2. The van der Waals surface area contributed by atoms with E-state index < -0.39 is 0 Å². The molecule has 1 amide bonds. The predicted molar refractivity (Wildman–Crippen MR) is 102 cm³/mol. The van der Waals surface area contributed by atoms with E-state index in [4.69, 9.17) is 11.6 Å². The van der Waals surface area contributed by atoms with Crippen LogP contribution in [-0.4, -0.2) is 15.5 Å². The Morgan fingerprint density at radius 1 is 1.12 bits per heavy atom. The van der Waals surface area contributed by atoms with Crippen LogP contribution in [-0.2, 0) is 17.9 Å². The third-order valence-electron chi connectivity index (χ3n) is 3.94. The maximum atomic E-state index is 12.3. The molecule has 2 aromatic carbocycles. The third kappa shape index (κ3) is 4.58. The first kappa shape index (κ1) is 17.9. The van der Waals surface area contributed by atoms with Gasteiger partial charge in [0.05, 0.1) is 12.0 Å². The van der Waals surface area contributed by atoms with E-state index >= 15 is 0 Å². The van der Waals surface area contributed by atoms with Crippen LogP contribution in [0.4, 0.5) is 0 Å². The first-order valence-corrected chi connectivity index (χ1v) is 8.54. The number of halogens is 1. The average Bonchev–Trinajstić information content (AvgIpc) is 2.63. The van der Waals surface area contributed by atoms with Crippen molar-refractivity contribution in [1.29, 1.82) is 0 Å². The van der Waals surface area contributed by atoms with Crippen molar-refractivity contribution in [3.05, 3.63) is 87.4 Å². The number of hydrogen-bond acceptors (Lipinski definition) is 3. The first-order chi connectivity index (χ1) is 12.5. The molecule has 3 rings (SSSR count). The van der Waals surface area contributed by atoms with Crippen LogP contribution in [0.5, 0.6) is 0 Å². The number of carbonyl (C=O) groups excluding carboxylic acids is 1. The molecule has 132 valence electrons. The predicted octanol–water partition coefficient (Wildman–Crippen LogP) is 3.19. The molecule has 0 atom stereocenters. The van der Waals surface area contributed by atoms with Gasteiger partial charge in [-0.1, -0.05) is 53.6 Å². The van der Waals surface area contributed by atoms with Gasteiger partial charge in [0.1, 0.15) is 6.54 Å². The van der Waals surface area contributed by atoms with Crippen molar-refractivity contribution >= 4 is 17.5 Å². The SMILES string of the molecule is Cc1ccc(-c2cc(=O)n(CC(=O)NCc3ccc(Cl)cc3)cn2)cc1. The van der Waals surface area contributed by atoms with E-state index in [2.05, 4.69) is 10.3 Å². The van der Waals surface area contributed by atoms with Gasteiger partial charge in [-0.2, -0.15) is 0 Å². The summed E-state index contributed by atoms with van der Waals surface area (Å²) in [5.74, 6) is -0.257. The fourth-order valence-electron chi connectivity index (χ4n) is 2.44. The molecule has 0 fully saturated rings. The summed E-state index contributed by atoms with van der Waals surface area (Å²) in [6, 6.07) is 16.4. The van der Waals surface area contributed by atoms with Crippen LogP contribution in [0.2, 0.25) is 5.02 Å². The summed E-state index contributed by atoms with van der Waals surface area (Å²) in [6.07, 6.45) is 1.40. The molecule has 6 heteroatoms. The molecule has 26 heavy (non-hydrogen) atoms. The van der Waals surface area contributed by atoms with E-state index in [1.807, 2.05) is 43.3 Å². The van der Waals surface area contributed by atoms with E-state index in [0.717, 1.165) is 16.7 Å². The van der Waals surface area contributed by atoms with Crippen LogP contribution in [0.3, 0.4) is 0 Å². The molecule has 0 spiro atoms. The lowest BCUT2D eigenvalue weighted by Gasteiger charge is -2.08. The molecule has 0 saturated carbocycles. The Hall–Kier alpha value is -2.92. The van der Waals surface area contributed by atoms with Crippen LogP contribution in [0, 0.1) is 6.92 Å². The molecule has 5 nitrogen and oxygen atoms in total. The van der Waals surface area contributed by atoms with Crippen molar-refractivity contribution in [2.45, 2.75) is 20.0 Å². The third-order valence-corrected chi connectivity index (χ3v) is 4.20. The maximum absolute atomic E-state index is 12.3. The smallest absolute Gasteiger partial charge is 0.254 e. The highest BCUT2D eigenvalue weighted by Crippen LogP contribution is 2.15. The molecule has 0 aliphatic carbocycles. The van der Waals surface area contributed by atoms with Crippen molar-refractivity contribution in [3.8, 4) is 11.3 Å². The molecule has 0 radical (unpaired) electrons. The lowest BCUT2D eigenvalue weighted by atomic mass is 10.1. The van der Waals surface area contributed by atoms with E-state index in [0.29, 0.717) is 17.3 Å². The zero-order valence-corrected chi connectivity index (χ0v) is 15.0. The van der Waals surface area contributed by atoms with E-state index in [-0.39, 0.29) is 18.0 Å². The van der Waals surface area contributed by atoms with Crippen LogP contribution in [0.25, 0.3) is 11.3 Å². The summed E-state index contributed by atoms with van der Waals surface area (Å²) in [5.41, 5.74) is 3.26. The first-order valence-electron chi connectivity index (χ1n) is 8.16. The number of aromatic nitrogens is 2. The standard InChI is InChI=1S/C20H18ClN3O2/c1-14-2-6-16(7-3-14)18-10-20(26)24(13-23-18)12-19(25)22-11-15-4-8-17(21)9-5-15/h2-10,13H,11-12H2,1H3,(H,22,25). The zero-order valence-electron chi connectivity index (χ0n) is 14.3. The van der Waals surface area contributed by atoms with E-state index in [9.17, 15) is 9.59 Å². The van der Waals surface area contributed by atoms with Gasteiger partial charge in [0.2, 0.25) is 5.91 Å². The van der Waals surface area contributed by atoms with Crippen LogP contribution in [0.15, 0.2) is 65.7 Å². The Labute approximate surface area is 156 Å². The molecule has 1 heterocycles. The van der Waals surface area contributed by atoms with Gasteiger partial charge < -0.3 is 5.32 Å². The second-order valence-corrected chi connectivity index (χ2v) is 6.45. The second kappa shape index (κ2) is 7.97. The zero-order chi connectivity index (χ0) is 18.5. The molecular formula is C20H18ClN3O2. The van der Waals surface area contributed by atoms with Gasteiger partial charge in [-0.15, -0.1) is 0 Å². The summed E-state index contributed by atoms with van der Waals surface area (Å²) in [6.45, 7) is 2.30. The van der Waals surface area contributed by atoms with E-state index in [1.54, 1.807) is 12.1 Å². The number of nitrogens with one attached hydrogen (secondary N) is 1. The summed E-state index contributed by atoms with van der Waals surface area (Å²) >= 11 is 5.83. The van der Waals surface area contributed by atoms with Crippen molar-refractivity contribution < 1.29 is 4.79 Å². The molecule has 1 aromatic heterocycles. The highest BCUT2D eigenvalue weighted by Gasteiger charge is 2.07. The monoisotopic (exact) mass is 367 g/mol. The fourth-order valence-corrected chi connectivity index (χ4v) is 2.57. The van der Waals surface area contributed by atoms with Crippen molar-refractivity contribution in [2.24, 2.45) is 0 Å². The lowest BCUT2D eigenvalue weighted by molar-refractivity contribution is -0.121. The van der Waals surface area contributed by atoms with Crippen LogP contribution < -0.4 is 10.9 Å². The van der Waals surface area contributed by atoms with E-state index in [1.165, 1.54) is 17.0 Å². The Morgan fingerprint density at radius 2 is 1.81 bits per heavy atom. The molecule has 0 unspecified atom stereocenters. The number of rotatable bonds is 5. The highest BCUT2D eigenvalue weighted by molar-refractivity contribution is 6.30. The Morgan fingerprint density at radius 3 is 2.46 bits per heavy atom. The topological polar surface area (TPSA) is 64.0 Å². The average molecular weight is 368 g/mol.